The summed E-state index contributed by atoms with van der Waals surface area (Å²) < 4.78 is 27.9. The molecule has 5 nitrogen and oxygen atoms in total. The topological polar surface area (TPSA) is 66.5 Å². The quantitative estimate of drug-likeness (QED) is 0.423. The van der Waals surface area contributed by atoms with Gasteiger partial charge in [-0.1, -0.05) is 73.4 Å². The molecule has 0 aromatic heterocycles. The minimum absolute atomic E-state index is 0.0482. The summed E-state index contributed by atoms with van der Waals surface area (Å²) in [4.78, 5) is 13.2. The summed E-state index contributed by atoms with van der Waals surface area (Å²) in [5.74, 6) is -0.476. The van der Waals surface area contributed by atoms with E-state index in [0.717, 1.165) is 34.0 Å². The van der Waals surface area contributed by atoms with Crippen LogP contribution in [0, 0.1) is 0 Å². The number of anilines is 2. The summed E-state index contributed by atoms with van der Waals surface area (Å²) in [5.41, 5.74) is 2.82. The van der Waals surface area contributed by atoms with Gasteiger partial charge in [0.2, 0.25) is 5.91 Å². The Kier molecular flexibility index (Phi) is 7.82. The second-order valence-electron chi connectivity index (χ2n) is 7.13. The van der Waals surface area contributed by atoms with Gasteiger partial charge in [0.15, 0.2) is 0 Å². The van der Waals surface area contributed by atoms with E-state index in [9.17, 15) is 13.2 Å². The summed E-state index contributed by atoms with van der Waals surface area (Å²) in [6, 6.07) is 18.3. The van der Waals surface area contributed by atoms with E-state index in [1.54, 1.807) is 24.3 Å². The Morgan fingerprint density at radius 3 is 2.12 bits per heavy atom. The average Bonchev–Trinajstić information content (AvgIpc) is 2.79. The Hall–Kier alpha value is -2.54. The standard InChI is InChI=1S/C24H24Cl2N2O3S/c1-3-17-9-8-10-18(4-2)24(17)27-23(29)16-28(22-15-19(25)13-14-21(22)26)32(30,31)20-11-6-5-7-12-20/h5-15H,3-4,16H2,1-2H3,(H,27,29). The molecule has 0 aliphatic carbocycles. The first-order valence-corrected chi connectivity index (χ1v) is 12.4. The molecular weight excluding hydrogens is 467 g/mol. The minimum Gasteiger partial charge on any atom is -0.324 e. The lowest BCUT2D eigenvalue weighted by Crippen LogP contribution is -2.38. The van der Waals surface area contributed by atoms with E-state index in [-0.39, 0.29) is 15.6 Å². The van der Waals surface area contributed by atoms with E-state index in [4.69, 9.17) is 23.2 Å². The molecule has 0 bridgehead atoms. The first kappa shape index (κ1) is 24.1. The van der Waals surface area contributed by atoms with E-state index >= 15 is 0 Å². The van der Waals surface area contributed by atoms with Crippen LogP contribution in [0.15, 0.2) is 71.6 Å². The number of hydrogen-bond acceptors (Lipinski definition) is 3. The molecule has 0 heterocycles. The number of sulfonamides is 1. The molecule has 0 spiro atoms. The van der Waals surface area contributed by atoms with Crippen molar-refractivity contribution < 1.29 is 13.2 Å². The van der Waals surface area contributed by atoms with Crippen molar-refractivity contribution in [3.05, 3.63) is 87.9 Å². The highest BCUT2D eigenvalue weighted by Crippen LogP contribution is 2.33. The van der Waals surface area contributed by atoms with Gasteiger partial charge in [-0.05, 0) is 54.3 Å². The molecule has 0 saturated heterocycles. The van der Waals surface area contributed by atoms with Crippen LogP contribution in [0.2, 0.25) is 10.0 Å². The molecule has 3 rings (SSSR count). The van der Waals surface area contributed by atoms with E-state index in [1.807, 2.05) is 32.0 Å². The second kappa shape index (κ2) is 10.4. The lowest BCUT2D eigenvalue weighted by molar-refractivity contribution is -0.114. The molecule has 0 saturated carbocycles. The van der Waals surface area contributed by atoms with E-state index in [1.165, 1.54) is 24.3 Å². The number of carbonyl (C=O) groups excluding carboxylic acids is 1. The predicted molar refractivity (Wildman–Crippen MR) is 131 cm³/mol. The summed E-state index contributed by atoms with van der Waals surface area (Å²) in [7, 11) is -4.08. The maximum Gasteiger partial charge on any atom is 0.264 e. The molecule has 0 fully saturated rings. The van der Waals surface area contributed by atoms with Gasteiger partial charge in [0.25, 0.3) is 10.0 Å². The monoisotopic (exact) mass is 490 g/mol. The fourth-order valence-corrected chi connectivity index (χ4v) is 5.30. The molecule has 168 valence electrons. The number of carbonyl (C=O) groups is 1. The zero-order valence-electron chi connectivity index (χ0n) is 17.8. The maximum absolute atomic E-state index is 13.5. The SMILES string of the molecule is CCc1cccc(CC)c1NC(=O)CN(c1cc(Cl)ccc1Cl)S(=O)(=O)c1ccccc1. The molecule has 8 heteroatoms. The van der Waals surface area contributed by atoms with E-state index in [2.05, 4.69) is 5.32 Å². The lowest BCUT2D eigenvalue weighted by atomic mass is 10.0. The molecule has 3 aromatic rings. The fourth-order valence-electron chi connectivity index (χ4n) is 3.41. The van der Waals surface area contributed by atoms with Gasteiger partial charge in [-0.25, -0.2) is 8.42 Å². The van der Waals surface area contributed by atoms with Crippen molar-refractivity contribution in [2.45, 2.75) is 31.6 Å². The van der Waals surface area contributed by atoms with Crippen LogP contribution in [0.5, 0.6) is 0 Å². The third-order valence-corrected chi connectivity index (χ3v) is 7.39. The average molecular weight is 491 g/mol. The zero-order valence-corrected chi connectivity index (χ0v) is 20.1. The third-order valence-electron chi connectivity index (χ3n) is 5.06. The summed E-state index contributed by atoms with van der Waals surface area (Å²) in [6.45, 7) is 3.54. The number of amides is 1. The molecule has 0 aliphatic rings. The zero-order chi connectivity index (χ0) is 23.3. The van der Waals surface area contributed by atoms with Gasteiger partial charge >= 0.3 is 0 Å². The van der Waals surface area contributed by atoms with Crippen LogP contribution in [0.1, 0.15) is 25.0 Å². The number of halogens is 2. The van der Waals surface area contributed by atoms with Crippen LogP contribution in [0.4, 0.5) is 11.4 Å². The van der Waals surface area contributed by atoms with Crippen LogP contribution in [0.3, 0.4) is 0 Å². The van der Waals surface area contributed by atoms with Crippen LogP contribution in [-0.2, 0) is 27.7 Å². The predicted octanol–water partition coefficient (Wildman–Crippen LogP) is 5.95. The molecule has 0 aliphatic heterocycles. The largest absolute Gasteiger partial charge is 0.324 e. The number of benzene rings is 3. The van der Waals surface area contributed by atoms with Gasteiger partial charge in [0.05, 0.1) is 15.6 Å². The molecular formula is C24H24Cl2N2O3S. The van der Waals surface area contributed by atoms with Crippen molar-refractivity contribution in [3.63, 3.8) is 0 Å². The highest BCUT2D eigenvalue weighted by molar-refractivity contribution is 7.92. The van der Waals surface area contributed by atoms with Crippen molar-refractivity contribution >= 4 is 50.5 Å². The first-order chi connectivity index (χ1) is 15.3. The van der Waals surface area contributed by atoms with Crippen LogP contribution < -0.4 is 9.62 Å². The summed E-state index contributed by atoms with van der Waals surface area (Å²) in [6.07, 6.45) is 1.46. The maximum atomic E-state index is 13.5. The van der Waals surface area contributed by atoms with Crippen molar-refractivity contribution in [3.8, 4) is 0 Å². The Bertz CT molecular complexity index is 1190. The van der Waals surface area contributed by atoms with Crippen molar-refractivity contribution in [2.24, 2.45) is 0 Å². The van der Waals surface area contributed by atoms with Gasteiger partial charge in [0.1, 0.15) is 6.54 Å². The Morgan fingerprint density at radius 1 is 0.906 bits per heavy atom. The molecule has 3 aromatic carbocycles. The van der Waals surface area contributed by atoms with Gasteiger partial charge in [-0.3, -0.25) is 9.10 Å². The van der Waals surface area contributed by atoms with E-state index in [0.29, 0.717) is 5.02 Å². The van der Waals surface area contributed by atoms with Gasteiger partial charge in [-0.2, -0.15) is 0 Å². The molecule has 0 atom stereocenters. The number of aryl methyl sites for hydroxylation is 2. The number of para-hydroxylation sites is 1. The van der Waals surface area contributed by atoms with Crippen LogP contribution in [-0.4, -0.2) is 20.9 Å². The minimum atomic E-state index is -4.08. The molecule has 0 radical (unpaired) electrons. The fraction of sp³-hybridized carbons (Fsp3) is 0.208. The molecule has 1 amide bonds. The third kappa shape index (κ3) is 5.26. The van der Waals surface area contributed by atoms with Crippen molar-refractivity contribution in [1.29, 1.82) is 0 Å². The lowest BCUT2D eigenvalue weighted by Gasteiger charge is -2.25. The van der Waals surface area contributed by atoms with E-state index < -0.39 is 22.5 Å². The van der Waals surface area contributed by atoms with Gasteiger partial charge < -0.3 is 5.32 Å². The molecule has 0 unspecified atom stereocenters. The number of rotatable bonds is 8. The van der Waals surface area contributed by atoms with Crippen molar-refractivity contribution in [2.75, 3.05) is 16.2 Å². The summed E-state index contributed by atoms with van der Waals surface area (Å²) >= 11 is 12.4. The number of hydrogen-bond donors (Lipinski definition) is 1. The normalized spacial score (nSPS) is 11.2. The number of nitrogens with one attached hydrogen (secondary N) is 1. The first-order valence-electron chi connectivity index (χ1n) is 10.2. The van der Waals surface area contributed by atoms with Crippen molar-refractivity contribution in [1.82, 2.24) is 0 Å². The molecule has 32 heavy (non-hydrogen) atoms. The highest BCUT2D eigenvalue weighted by atomic mass is 35.5. The second-order valence-corrected chi connectivity index (χ2v) is 9.83. The summed E-state index contributed by atoms with van der Waals surface area (Å²) in [5, 5.41) is 3.40. The Morgan fingerprint density at radius 2 is 1.53 bits per heavy atom. The van der Waals surface area contributed by atoms with Crippen LogP contribution >= 0.6 is 23.2 Å². The molecule has 1 N–H and O–H groups in total. The Balaban J connectivity index is 2.02. The van der Waals surface area contributed by atoms with Gasteiger partial charge in [0, 0.05) is 10.7 Å². The van der Waals surface area contributed by atoms with Gasteiger partial charge in [-0.15, -0.1) is 0 Å². The highest BCUT2D eigenvalue weighted by Gasteiger charge is 2.29. The Labute approximate surface area is 199 Å². The number of nitrogens with zero attached hydrogens (tertiary/aromatic N) is 1. The van der Waals surface area contributed by atoms with Crippen LogP contribution in [0.25, 0.3) is 0 Å². The smallest absolute Gasteiger partial charge is 0.264 e.